The Hall–Kier alpha value is -7.49. The van der Waals surface area contributed by atoms with Gasteiger partial charge in [-0.05, 0) is 94.2 Å². The van der Waals surface area contributed by atoms with E-state index in [9.17, 15) is 48.3 Å². The van der Waals surface area contributed by atoms with Crippen LogP contribution in [0.3, 0.4) is 0 Å². The number of benzene rings is 1. The maximum Gasteiger partial charge on any atom is 0.314 e. The first-order valence-corrected chi connectivity index (χ1v) is 26.3. The minimum atomic E-state index is -1.44. The lowest BCUT2D eigenvalue weighted by atomic mass is 10.0. The number of aliphatic imine (C=N–C) groups is 2. The van der Waals surface area contributed by atoms with Gasteiger partial charge in [-0.1, -0.05) is 39.3 Å². The average Bonchev–Trinajstić information content (AvgIpc) is 3.36. The Bertz CT molecular complexity index is 2140. The molecular formula is C49H86N18O10. The maximum atomic E-state index is 14.3. The molecule has 1 aromatic rings. The van der Waals surface area contributed by atoms with E-state index in [1.165, 1.54) is 34.1 Å². The van der Waals surface area contributed by atoms with Crippen molar-refractivity contribution in [3.05, 3.63) is 29.8 Å². The van der Waals surface area contributed by atoms with Gasteiger partial charge in [-0.2, -0.15) is 0 Å². The minimum Gasteiger partial charge on any atom is -0.508 e. The third-order valence-electron chi connectivity index (χ3n) is 12.2. The molecule has 1 aliphatic heterocycles. The molecule has 0 unspecified atom stereocenters. The second kappa shape index (κ2) is 35.7. The molecule has 77 heavy (non-hydrogen) atoms. The number of nitrogens with zero attached hydrogens (tertiary/aromatic N) is 4. The van der Waals surface area contributed by atoms with Gasteiger partial charge in [0.15, 0.2) is 11.9 Å². The number of aromatic hydroxyl groups is 1. The number of urea groups is 1. The van der Waals surface area contributed by atoms with Gasteiger partial charge >= 0.3 is 6.03 Å². The normalized spacial score (nSPS) is 21.2. The molecule has 2 rings (SSSR count). The summed E-state index contributed by atoms with van der Waals surface area (Å²) in [7, 11) is 0. The van der Waals surface area contributed by atoms with E-state index < -0.39 is 109 Å². The first kappa shape index (κ1) is 65.6. The van der Waals surface area contributed by atoms with Crippen molar-refractivity contribution in [3.63, 3.8) is 0 Å². The van der Waals surface area contributed by atoms with Gasteiger partial charge in [-0.15, -0.1) is 0 Å². The van der Waals surface area contributed by atoms with Crippen LogP contribution in [0.2, 0.25) is 0 Å². The van der Waals surface area contributed by atoms with Crippen LogP contribution < -0.4 is 77.4 Å². The highest BCUT2D eigenvalue weighted by atomic mass is 16.3. The largest absolute Gasteiger partial charge is 0.508 e. The van der Waals surface area contributed by atoms with E-state index in [0.29, 0.717) is 50.5 Å². The second-order valence-corrected chi connectivity index (χ2v) is 19.3. The van der Waals surface area contributed by atoms with Crippen LogP contribution in [0.5, 0.6) is 5.75 Å². The summed E-state index contributed by atoms with van der Waals surface area (Å²) < 4.78 is 0. The Morgan fingerprint density at radius 2 is 1.21 bits per heavy atom. The zero-order valence-corrected chi connectivity index (χ0v) is 44.9. The molecule has 22 N–H and O–H groups in total. The Morgan fingerprint density at radius 3 is 1.78 bits per heavy atom. The highest BCUT2D eigenvalue weighted by Crippen LogP contribution is 2.14. The van der Waals surface area contributed by atoms with E-state index in [2.05, 4.69) is 47.2 Å². The molecule has 10 amide bonds. The molecule has 432 valence electrons. The summed E-state index contributed by atoms with van der Waals surface area (Å²) in [6.07, 6.45) is 2.97. The van der Waals surface area contributed by atoms with Crippen LogP contribution in [-0.2, 0) is 44.8 Å². The summed E-state index contributed by atoms with van der Waals surface area (Å²) in [5.41, 5.74) is 40.4. The zero-order chi connectivity index (χ0) is 57.5. The monoisotopic (exact) mass is 1090 g/mol. The third kappa shape index (κ3) is 26.7. The van der Waals surface area contributed by atoms with Gasteiger partial charge in [0.05, 0.1) is 19.1 Å². The van der Waals surface area contributed by atoms with Crippen LogP contribution in [0, 0.1) is 5.92 Å². The third-order valence-corrected chi connectivity index (χ3v) is 12.2. The van der Waals surface area contributed by atoms with Crippen molar-refractivity contribution >= 4 is 65.2 Å². The van der Waals surface area contributed by atoms with Crippen molar-refractivity contribution in [2.75, 3.05) is 58.9 Å². The molecule has 0 saturated carbocycles. The number of carbonyl (C=O) groups is 9. The number of phenolic OH excluding ortho intramolecular Hbond substituents is 1. The summed E-state index contributed by atoms with van der Waals surface area (Å²) in [6.45, 7) is 4.91. The van der Waals surface area contributed by atoms with E-state index in [1.54, 1.807) is 6.92 Å². The predicted molar refractivity (Wildman–Crippen MR) is 290 cm³/mol. The summed E-state index contributed by atoms with van der Waals surface area (Å²) in [6, 6.07) is -2.32. The van der Waals surface area contributed by atoms with Crippen molar-refractivity contribution in [2.45, 2.75) is 140 Å². The molecule has 1 heterocycles. The molecular weight excluding hydrogens is 1000 g/mol. The number of hydrogen-bond acceptors (Lipinski definition) is 14. The van der Waals surface area contributed by atoms with Gasteiger partial charge in [0.25, 0.3) is 0 Å². The van der Waals surface area contributed by atoms with E-state index in [1.807, 2.05) is 13.8 Å². The molecule has 0 radical (unpaired) electrons. The molecule has 1 saturated heterocycles. The van der Waals surface area contributed by atoms with Gasteiger partial charge in [-0.3, -0.25) is 48.3 Å². The zero-order valence-electron chi connectivity index (χ0n) is 44.9. The highest BCUT2D eigenvalue weighted by Gasteiger charge is 2.34. The summed E-state index contributed by atoms with van der Waals surface area (Å²) >= 11 is 0. The van der Waals surface area contributed by atoms with Crippen LogP contribution in [0.25, 0.3) is 0 Å². The van der Waals surface area contributed by atoms with Crippen LogP contribution >= 0.6 is 0 Å². The SMILES string of the molecule is CCC[C@@H]1NC(=O)[C@H](CCCN=C(N)N)NC(=O)CN(C(=O)[C@@H](N)CCCN=C(N)N)CCCCNC(=O)NCCCCN(CC(N)=O)C(=O)[C@H](CCC(C)C)NC(=O)[C@H](CN)NC(=O)[C@H](Cc2ccc(O)cc2)NC1=O. The number of phenols is 1. The van der Waals surface area contributed by atoms with Crippen molar-refractivity contribution in [3.8, 4) is 5.75 Å². The Balaban J connectivity index is 2.64. The molecule has 0 bridgehead atoms. The molecule has 0 spiro atoms. The molecule has 0 aromatic heterocycles. The van der Waals surface area contributed by atoms with Crippen molar-refractivity contribution < 1.29 is 48.3 Å². The smallest absolute Gasteiger partial charge is 0.314 e. The van der Waals surface area contributed by atoms with Crippen molar-refractivity contribution in [1.82, 2.24) is 47.0 Å². The molecule has 0 aliphatic carbocycles. The summed E-state index contributed by atoms with van der Waals surface area (Å²) in [5, 5.41) is 28.9. The number of nitrogens with two attached hydrogens (primary N) is 7. The van der Waals surface area contributed by atoms with Gasteiger partial charge in [0, 0.05) is 52.2 Å². The Morgan fingerprint density at radius 1 is 0.675 bits per heavy atom. The van der Waals surface area contributed by atoms with E-state index in [0.717, 1.165) is 0 Å². The van der Waals surface area contributed by atoms with E-state index >= 15 is 0 Å². The minimum absolute atomic E-state index is 0.0255. The topological polar surface area (TPSA) is 471 Å². The van der Waals surface area contributed by atoms with E-state index in [4.69, 9.17) is 40.1 Å². The van der Waals surface area contributed by atoms with Gasteiger partial charge in [0.2, 0.25) is 47.3 Å². The molecule has 28 heteroatoms. The first-order valence-electron chi connectivity index (χ1n) is 26.3. The summed E-state index contributed by atoms with van der Waals surface area (Å²) in [4.78, 5) is 134. The van der Waals surface area contributed by atoms with Crippen molar-refractivity contribution in [2.24, 2.45) is 56.0 Å². The second-order valence-electron chi connectivity index (χ2n) is 19.3. The maximum absolute atomic E-state index is 14.3. The molecule has 28 nitrogen and oxygen atoms in total. The lowest BCUT2D eigenvalue weighted by Gasteiger charge is -2.29. The van der Waals surface area contributed by atoms with E-state index in [-0.39, 0.29) is 101 Å². The number of amides is 10. The fraction of sp³-hybridized carbons (Fsp3) is 0.653. The molecule has 1 aliphatic rings. The number of rotatable bonds is 19. The van der Waals surface area contributed by atoms with Crippen LogP contribution in [-0.4, -0.2) is 175 Å². The quantitative estimate of drug-likeness (QED) is 0.0357. The van der Waals surface area contributed by atoms with Crippen LogP contribution in [0.4, 0.5) is 4.79 Å². The summed E-state index contributed by atoms with van der Waals surface area (Å²) in [5.74, 6) is -6.28. The van der Waals surface area contributed by atoms with Crippen LogP contribution in [0.1, 0.15) is 103 Å². The van der Waals surface area contributed by atoms with Gasteiger partial charge < -0.3 is 92.3 Å². The molecule has 1 aromatic carbocycles. The average molecular weight is 1090 g/mol. The Labute approximate surface area is 450 Å². The number of carbonyl (C=O) groups excluding carboxylic acids is 9. The Kier molecular flexibility index (Phi) is 30.4. The first-order chi connectivity index (χ1) is 36.5. The standard InChI is InChI=1S/C49H86N18O10/c1-4-11-34-41(71)64-37(26-31-15-17-32(68)18-16-31)43(73)65-38(27-50)44(74)63-36(19-14-30(2)3)46(76)66(28-39(52)69)24-7-5-20-59-49(77)60-21-6-8-25-67(45(75)33(51)12-9-22-57-47(53)54)29-40(70)61-35(42(72)62-34)13-10-23-58-48(55)56/h15-18,30,33-38,68H,4-14,19-29,50-51H2,1-3H3,(H2,52,69)(H,61,70)(H,62,72)(H,63,74)(H,64,71)(H,65,73)(H4,53,54,57)(H4,55,56,58)(H2,59,60,77)/t33-,34-,35-,36-,37-,38-/m0/s1. The number of primary amides is 1. The number of guanidine groups is 2. The number of nitrogens with one attached hydrogen (secondary N) is 7. The van der Waals surface area contributed by atoms with Crippen LogP contribution in [0.15, 0.2) is 34.3 Å². The predicted octanol–water partition coefficient (Wildman–Crippen LogP) is -4.00. The molecule has 6 atom stereocenters. The fourth-order valence-corrected chi connectivity index (χ4v) is 8.04. The van der Waals surface area contributed by atoms with Crippen molar-refractivity contribution in [1.29, 1.82) is 0 Å². The van der Waals surface area contributed by atoms with Gasteiger partial charge in [0.1, 0.15) is 36.0 Å². The lowest BCUT2D eigenvalue weighted by molar-refractivity contribution is -0.140. The highest BCUT2D eigenvalue weighted by molar-refractivity contribution is 5.97. The van der Waals surface area contributed by atoms with Gasteiger partial charge in [-0.25, -0.2) is 4.79 Å². The fourth-order valence-electron chi connectivity index (χ4n) is 8.04. The number of hydrogen-bond donors (Lipinski definition) is 15. The molecule has 1 fully saturated rings. The lowest BCUT2D eigenvalue weighted by Crippen LogP contribution is -2.61.